The molecule has 0 radical (unpaired) electrons. The Morgan fingerprint density at radius 1 is 0.677 bits per heavy atom. The molecular weight excluding hydrogens is 390 g/mol. The Morgan fingerprint density at radius 3 is 1.61 bits per heavy atom. The van der Waals surface area contributed by atoms with E-state index in [0.29, 0.717) is 12.2 Å². The van der Waals surface area contributed by atoms with E-state index in [1.165, 1.54) is 89.9 Å². The zero-order chi connectivity index (χ0) is 22.4. The highest BCUT2D eigenvalue weighted by Crippen LogP contribution is 2.13. The van der Waals surface area contributed by atoms with Gasteiger partial charge in [-0.3, -0.25) is 0 Å². The lowest BCUT2D eigenvalue weighted by Gasteiger charge is -2.07. The number of hydrogen-bond acceptors (Lipinski definition) is 4. The Morgan fingerprint density at radius 2 is 1.13 bits per heavy atom. The Hall–Kier alpha value is -2.04. The van der Waals surface area contributed by atoms with Crippen LogP contribution in [0.25, 0.3) is 0 Å². The lowest BCUT2D eigenvalue weighted by atomic mass is 10.0. The number of rotatable bonds is 18. The molecule has 176 valence electrons. The average molecular weight is 434 g/mol. The minimum Gasteiger partial charge on any atom is -0.447 e. The third kappa shape index (κ3) is 16.3. The molecule has 0 saturated heterocycles. The van der Waals surface area contributed by atoms with Gasteiger partial charge < -0.3 is 9.57 Å². The van der Waals surface area contributed by atoms with Crippen LogP contribution < -0.4 is 5.48 Å². The van der Waals surface area contributed by atoms with E-state index in [2.05, 4.69) is 6.92 Å². The maximum Gasteiger partial charge on any atom is 0.440 e. The highest BCUT2D eigenvalue weighted by Gasteiger charge is 2.09. The number of benzene rings is 1. The summed E-state index contributed by atoms with van der Waals surface area (Å²) in [6.07, 6.45) is 20.2. The first-order chi connectivity index (χ1) is 15.2. The third-order valence-corrected chi connectivity index (χ3v) is 5.47. The van der Waals surface area contributed by atoms with Gasteiger partial charge in [0.1, 0.15) is 0 Å². The second-order valence-corrected chi connectivity index (χ2v) is 8.30. The highest BCUT2D eigenvalue weighted by atomic mass is 16.7. The summed E-state index contributed by atoms with van der Waals surface area (Å²) in [6, 6.07) is 8.49. The molecule has 5 heteroatoms. The first-order valence-electron chi connectivity index (χ1n) is 12.4. The summed E-state index contributed by atoms with van der Waals surface area (Å²) in [5.74, 6) is -0.611. The molecule has 0 bridgehead atoms. The topological polar surface area (TPSA) is 64.6 Å². The fourth-order valence-corrected chi connectivity index (χ4v) is 3.57. The monoisotopic (exact) mass is 433 g/mol. The molecule has 0 aromatic heterocycles. The van der Waals surface area contributed by atoms with Crippen molar-refractivity contribution in [2.45, 2.75) is 110 Å². The maximum absolute atomic E-state index is 11.7. The molecule has 0 saturated carbocycles. The lowest BCUT2D eigenvalue weighted by Crippen LogP contribution is -2.28. The fourth-order valence-electron chi connectivity index (χ4n) is 3.57. The third-order valence-electron chi connectivity index (χ3n) is 5.47. The second kappa shape index (κ2) is 19.9. The van der Waals surface area contributed by atoms with E-state index in [1.54, 1.807) is 30.3 Å². The zero-order valence-electron chi connectivity index (χ0n) is 19.5. The van der Waals surface area contributed by atoms with Gasteiger partial charge in [-0.1, -0.05) is 121 Å². The quantitative estimate of drug-likeness (QED) is 0.190. The van der Waals surface area contributed by atoms with E-state index in [4.69, 9.17) is 9.57 Å². The minimum atomic E-state index is -0.731. The molecule has 31 heavy (non-hydrogen) atoms. The maximum atomic E-state index is 11.7. The molecule has 0 atom stereocenters. The molecule has 1 aromatic rings. The van der Waals surface area contributed by atoms with Crippen LogP contribution in [0.4, 0.5) is 4.79 Å². The van der Waals surface area contributed by atoms with Crippen LogP contribution in [0.1, 0.15) is 120 Å². The summed E-state index contributed by atoms with van der Waals surface area (Å²) < 4.78 is 5.02. The summed E-state index contributed by atoms with van der Waals surface area (Å²) in [7, 11) is 0. The van der Waals surface area contributed by atoms with Gasteiger partial charge in [0.15, 0.2) is 0 Å². The molecule has 0 aliphatic rings. The van der Waals surface area contributed by atoms with Gasteiger partial charge in [-0.25, -0.2) is 9.59 Å². The van der Waals surface area contributed by atoms with Crippen LogP contribution in [0, 0.1) is 0 Å². The second-order valence-electron chi connectivity index (χ2n) is 8.30. The van der Waals surface area contributed by atoms with Crippen LogP contribution in [0.5, 0.6) is 0 Å². The van der Waals surface area contributed by atoms with E-state index < -0.39 is 12.1 Å². The van der Waals surface area contributed by atoms with E-state index in [0.717, 1.165) is 12.8 Å². The normalized spacial score (nSPS) is 10.6. The summed E-state index contributed by atoms with van der Waals surface area (Å²) >= 11 is 0. The number of nitrogens with one attached hydrogen (secondary N) is 1. The molecule has 0 heterocycles. The molecule has 0 aliphatic carbocycles. The highest BCUT2D eigenvalue weighted by molar-refractivity contribution is 5.89. The van der Waals surface area contributed by atoms with Gasteiger partial charge in [0.2, 0.25) is 0 Å². The van der Waals surface area contributed by atoms with Crippen molar-refractivity contribution in [2.24, 2.45) is 0 Å². The summed E-state index contributed by atoms with van der Waals surface area (Å²) in [6.45, 7) is 2.61. The average Bonchev–Trinajstić information content (AvgIpc) is 2.80. The van der Waals surface area contributed by atoms with Crippen LogP contribution >= 0.6 is 0 Å². The first-order valence-corrected chi connectivity index (χ1v) is 12.4. The van der Waals surface area contributed by atoms with Crippen molar-refractivity contribution in [3.05, 3.63) is 35.9 Å². The van der Waals surface area contributed by atoms with E-state index in [1.807, 2.05) is 5.48 Å². The van der Waals surface area contributed by atoms with E-state index in [9.17, 15) is 9.59 Å². The largest absolute Gasteiger partial charge is 0.447 e. The predicted molar refractivity (Wildman–Crippen MR) is 126 cm³/mol. The van der Waals surface area contributed by atoms with Crippen molar-refractivity contribution in [2.75, 3.05) is 6.61 Å². The smallest absolute Gasteiger partial charge is 0.440 e. The Bertz CT molecular complexity index is 562. The van der Waals surface area contributed by atoms with Crippen molar-refractivity contribution in [3.63, 3.8) is 0 Å². The number of ether oxygens (including phenoxy) is 1. The summed E-state index contributed by atoms with van der Waals surface area (Å²) in [5.41, 5.74) is 2.40. The van der Waals surface area contributed by atoms with E-state index in [-0.39, 0.29) is 0 Å². The summed E-state index contributed by atoms with van der Waals surface area (Å²) in [4.78, 5) is 27.9. The molecule has 0 unspecified atom stereocenters. The zero-order valence-corrected chi connectivity index (χ0v) is 19.5. The molecule has 1 rings (SSSR count). The lowest BCUT2D eigenvalue weighted by molar-refractivity contribution is 0.0206. The molecule has 1 amide bonds. The fraction of sp³-hybridized carbons (Fsp3) is 0.692. The first kappa shape index (κ1) is 27.0. The molecule has 5 nitrogen and oxygen atoms in total. The molecular formula is C26H43NO4. The Kier molecular flexibility index (Phi) is 17.3. The molecule has 0 aliphatic heterocycles. The van der Waals surface area contributed by atoms with Crippen LogP contribution in [0.3, 0.4) is 0 Å². The van der Waals surface area contributed by atoms with Crippen LogP contribution in [0.2, 0.25) is 0 Å². The number of unbranched alkanes of at least 4 members (excludes halogenated alkanes) is 15. The Balaban J connectivity index is 1.79. The number of carbonyl (C=O) groups excluding carboxylic acids is 2. The van der Waals surface area contributed by atoms with Crippen molar-refractivity contribution in [1.29, 1.82) is 0 Å². The number of hydrogen-bond donors (Lipinski definition) is 1. The number of carbonyl (C=O) groups is 2. The van der Waals surface area contributed by atoms with Gasteiger partial charge in [0, 0.05) is 0 Å². The predicted octanol–water partition coefficient (Wildman–Crippen LogP) is 7.75. The van der Waals surface area contributed by atoms with Crippen LogP contribution in [-0.2, 0) is 9.57 Å². The van der Waals surface area contributed by atoms with Crippen LogP contribution in [-0.4, -0.2) is 18.7 Å². The van der Waals surface area contributed by atoms with Gasteiger partial charge in [-0.05, 0) is 18.6 Å². The molecule has 0 fully saturated rings. The number of hydroxylamine groups is 1. The summed E-state index contributed by atoms with van der Waals surface area (Å²) in [5, 5.41) is 0. The van der Waals surface area contributed by atoms with Crippen LogP contribution in [0.15, 0.2) is 30.3 Å². The van der Waals surface area contributed by atoms with Gasteiger partial charge in [0.05, 0.1) is 12.2 Å². The van der Waals surface area contributed by atoms with Gasteiger partial charge in [-0.15, -0.1) is 5.48 Å². The molecule has 1 N–H and O–H groups in total. The van der Waals surface area contributed by atoms with Crippen molar-refractivity contribution >= 4 is 12.1 Å². The Labute approximate surface area is 189 Å². The SMILES string of the molecule is CCCCCCCCCCCCCCCCCCOC(=O)NOC(=O)c1ccccc1. The standard InChI is InChI=1S/C26H43NO4/c1-2-3-4-5-6-7-8-9-10-11-12-13-14-15-16-20-23-30-26(29)27-31-25(28)24-21-18-17-19-22-24/h17-19,21-22H,2-16,20,23H2,1H3,(H,27,29). The van der Waals surface area contributed by atoms with Gasteiger partial charge in [0.25, 0.3) is 0 Å². The van der Waals surface area contributed by atoms with Gasteiger partial charge in [-0.2, -0.15) is 0 Å². The number of amides is 1. The van der Waals surface area contributed by atoms with Gasteiger partial charge >= 0.3 is 12.1 Å². The van der Waals surface area contributed by atoms with E-state index >= 15 is 0 Å². The molecule has 0 spiro atoms. The van der Waals surface area contributed by atoms with Crippen molar-refractivity contribution < 1.29 is 19.2 Å². The van der Waals surface area contributed by atoms with Crippen molar-refractivity contribution in [1.82, 2.24) is 5.48 Å². The molecule has 1 aromatic carbocycles. The minimum absolute atomic E-state index is 0.340. The van der Waals surface area contributed by atoms with Crippen molar-refractivity contribution in [3.8, 4) is 0 Å².